The fourth-order valence-electron chi connectivity index (χ4n) is 1.63. The topological polar surface area (TPSA) is 86.3 Å². The molecule has 6 nitrogen and oxygen atoms in total. The third-order valence-electron chi connectivity index (χ3n) is 2.65. The van der Waals surface area contributed by atoms with E-state index in [0.717, 1.165) is 5.69 Å². The smallest absolute Gasteiger partial charge is 0.240 e. The van der Waals surface area contributed by atoms with Crippen LogP contribution < -0.4 is 10.7 Å². The van der Waals surface area contributed by atoms with Gasteiger partial charge in [0.2, 0.25) is 11.8 Å². The lowest BCUT2D eigenvalue weighted by molar-refractivity contribution is -0.124. The van der Waals surface area contributed by atoms with E-state index in [2.05, 4.69) is 20.8 Å². The van der Waals surface area contributed by atoms with E-state index in [-0.39, 0.29) is 24.7 Å². The molecule has 21 heavy (non-hydrogen) atoms. The number of rotatable bonds is 6. The van der Waals surface area contributed by atoms with E-state index in [1.165, 1.54) is 6.21 Å². The number of nitrogens with zero attached hydrogens (tertiary/aromatic N) is 1. The van der Waals surface area contributed by atoms with Gasteiger partial charge in [-0.25, -0.2) is 5.43 Å². The molecule has 3 N–H and O–H groups in total. The van der Waals surface area contributed by atoms with Crippen molar-refractivity contribution in [2.75, 3.05) is 5.32 Å². The molecule has 0 unspecified atom stereocenters. The molecule has 0 aliphatic heterocycles. The van der Waals surface area contributed by atoms with Crippen LogP contribution in [0.15, 0.2) is 53.8 Å². The summed E-state index contributed by atoms with van der Waals surface area (Å²) in [5, 5.41) is 6.50. The number of aromatic amines is 1. The van der Waals surface area contributed by atoms with Crippen LogP contribution in [0.5, 0.6) is 0 Å². The molecule has 0 aliphatic rings. The lowest BCUT2D eigenvalue weighted by Gasteiger charge is -2.04. The zero-order chi connectivity index (χ0) is 14.9. The molecule has 2 rings (SSSR count). The highest BCUT2D eigenvalue weighted by atomic mass is 16.2. The van der Waals surface area contributed by atoms with Gasteiger partial charge in [0, 0.05) is 24.7 Å². The van der Waals surface area contributed by atoms with Gasteiger partial charge in [-0.05, 0) is 24.3 Å². The Morgan fingerprint density at radius 2 is 1.81 bits per heavy atom. The summed E-state index contributed by atoms with van der Waals surface area (Å²) < 4.78 is 0. The number of anilines is 1. The minimum atomic E-state index is -0.305. The summed E-state index contributed by atoms with van der Waals surface area (Å²) in [6.45, 7) is 0. The van der Waals surface area contributed by atoms with E-state index in [4.69, 9.17) is 0 Å². The molecule has 2 amide bonds. The number of hydrogen-bond acceptors (Lipinski definition) is 3. The quantitative estimate of drug-likeness (QED) is 0.559. The van der Waals surface area contributed by atoms with Crippen LogP contribution >= 0.6 is 0 Å². The fourth-order valence-corrected chi connectivity index (χ4v) is 1.63. The van der Waals surface area contributed by atoms with Gasteiger partial charge in [0.1, 0.15) is 0 Å². The van der Waals surface area contributed by atoms with E-state index in [1.807, 2.05) is 30.3 Å². The minimum absolute atomic E-state index is 0.0841. The molecule has 0 bridgehead atoms. The molecular formula is C15H16N4O2. The Morgan fingerprint density at radius 1 is 1.05 bits per heavy atom. The predicted molar refractivity (Wildman–Crippen MR) is 80.8 cm³/mol. The van der Waals surface area contributed by atoms with E-state index in [0.29, 0.717) is 5.69 Å². The number of H-pyrrole nitrogens is 1. The average Bonchev–Trinajstić information content (AvgIpc) is 2.99. The van der Waals surface area contributed by atoms with Gasteiger partial charge in [0.25, 0.3) is 0 Å². The van der Waals surface area contributed by atoms with Crippen molar-refractivity contribution in [3.05, 3.63) is 54.4 Å². The highest BCUT2D eigenvalue weighted by Crippen LogP contribution is 2.05. The first-order valence-corrected chi connectivity index (χ1v) is 6.54. The van der Waals surface area contributed by atoms with Crippen molar-refractivity contribution < 1.29 is 9.59 Å². The zero-order valence-electron chi connectivity index (χ0n) is 11.4. The van der Waals surface area contributed by atoms with Gasteiger partial charge in [0.15, 0.2) is 0 Å². The first-order valence-electron chi connectivity index (χ1n) is 6.54. The van der Waals surface area contributed by atoms with E-state index in [1.54, 1.807) is 18.3 Å². The molecule has 0 atom stereocenters. The molecule has 0 aliphatic carbocycles. The molecule has 0 saturated carbocycles. The minimum Gasteiger partial charge on any atom is -0.360 e. The number of aromatic nitrogens is 1. The Kier molecular flexibility index (Phi) is 5.28. The molecule has 1 aromatic heterocycles. The van der Waals surface area contributed by atoms with Gasteiger partial charge < -0.3 is 10.3 Å². The van der Waals surface area contributed by atoms with Crippen LogP contribution in [0.25, 0.3) is 0 Å². The first kappa shape index (κ1) is 14.5. The molecule has 0 radical (unpaired) electrons. The fraction of sp³-hybridized carbons (Fsp3) is 0.133. The van der Waals surface area contributed by atoms with E-state index < -0.39 is 0 Å². The Morgan fingerprint density at radius 3 is 2.52 bits per heavy atom. The molecule has 108 valence electrons. The maximum Gasteiger partial charge on any atom is 0.240 e. The second kappa shape index (κ2) is 7.64. The molecular weight excluding hydrogens is 268 g/mol. The van der Waals surface area contributed by atoms with Gasteiger partial charge in [-0.3, -0.25) is 9.59 Å². The monoisotopic (exact) mass is 284 g/mol. The third kappa shape index (κ3) is 5.32. The van der Waals surface area contributed by atoms with Gasteiger partial charge in [-0.1, -0.05) is 18.2 Å². The number of hydrogen-bond donors (Lipinski definition) is 3. The zero-order valence-corrected chi connectivity index (χ0v) is 11.4. The summed E-state index contributed by atoms with van der Waals surface area (Å²) in [6.07, 6.45) is 3.46. The molecule has 6 heteroatoms. The number of carbonyl (C=O) groups excluding carboxylic acids is 2. The summed E-state index contributed by atoms with van der Waals surface area (Å²) in [4.78, 5) is 26.1. The number of benzene rings is 1. The van der Waals surface area contributed by atoms with Crippen molar-refractivity contribution in [2.24, 2.45) is 5.10 Å². The van der Waals surface area contributed by atoms with Crippen molar-refractivity contribution in [3.63, 3.8) is 0 Å². The van der Waals surface area contributed by atoms with Crippen LogP contribution in [-0.4, -0.2) is 23.0 Å². The summed E-state index contributed by atoms with van der Waals surface area (Å²) in [7, 11) is 0. The van der Waals surface area contributed by atoms with Crippen molar-refractivity contribution >= 4 is 23.7 Å². The summed E-state index contributed by atoms with van der Waals surface area (Å²) in [5.41, 5.74) is 3.88. The Bertz CT molecular complexity index is 606. The Balaban J connectivity index is 1.68. The van der Waals surface area contributed by atoms with Crippen molar-refractivity contribution in [2.45, 2.75) is 12.8 Å². The van der Waals surface area contributed by atoms with Crippen molar-refractivity contribution in [3.8, 4) is 0 Å². The van der Waals surface area contributed by atoms with Gasteiger partial charge in [0.05, 0.1) is 11.9 Å². The number of amides is 2. The molecule has 1 aromatic carbocycles. The largest absolute Gasteiger partial charge is 0.360 e. The second-order valence-electron chi connectivity index (χ2n) is 4.33. The van der Waals surface area contributed by atoms with Gasteiger partial charge in [-0.2, -0.15) is 5.10 Å². The molecule has 0 spiro atoms. The SMILES string of the molecule is O=C(CCC(=O)Nc1ccccc1)NN=Cc1ccc[nH]1. The van der Waals surface area contributed by atoms with Crippen molar-refractivity contribution in [1.82, 2.24) is 10.4 Å². The summed E-state index contributed by atoms with van der Waals surface area (Å²) in [6, 6.07) is 12.8. The normalized spacial score (nSPS) is 10.5. The first-order chi connectivity index (χ1) is 10.2. The number of para-hydroxylation sites is 1. The average molecular weight is 284 g/mol. The molecule has 2 aromatic rings. The molecule has 1 heterocycles. The molecule has 0 fully saturated rings. The third-order valence-corrected chi connectivity index (χ3v) is 2.65. The van der Waals surface area contributed by atoms with Crippen molar-refractivity contribution in [1.29, 1.82) is 0 Å². The number of carbonyl (C=O) groups is 2. The van der Waals surface area contributed by atoms with Crippen LogP contribution in [-0.2, 0) is 9.59 Å². The van der Waals surface area contributed by atoms with E-state index >= 15 is 0 Å². The number of hydrazone groups is 1. The maximum absolute atomic E-state index is 11.6. The van der Waals surface area contributed by atoms with Crippen LogP contribution in [0.4, 0.5) is 5.69 Å². The lowest BCUT2D eigenvalue weighted by Crippen LogP contribution is -2.20. The summed E-state index contributed by atoms with van der Waals surface area (Å²) in [5.74, 6) is -0.509. The van der Waals surface area contributed by atoms with Gasteiger partial charge >= 0.3 is 0 Å². The molecule has 0 saturated heterocycles. The highest BCUT2D eigenvalue weighted by Gasteiger charge is 2.06. The standard InChI is InChI=1S/C15H16N4O2/c20-14(18-12-5-2-1-3-6-12)8-9-15(21)19-17-11-13-7-4-10-16-13/h1-7,10-11,16H,8-9H2,(H,18,20)(H,19,21). The second-order valence-corrected chi connectivity index (χ2v) is 4.33. The maximum atomic E-state index is 11.6. The van der Waals surface area contributed by atoms with Crippen LogP contribution in [0.2, 0.25) is 0 Å². The summed E-state index contributed by atoms with van der Waals surface area (Å²) >= 11 is 0. The van der Waals surface area contributed by atoms with Gasteiger partial charge in [-0.15, -0.1) is 0 Å². The Labute approximate surface area is 122 Å². The van der Waals surface area contributed by atoms with Crippen LogP contribution in [0.1, 0.15) is 18.5 Å². The lowest BCUT2D eigenvalue weighted by atomic mass is 10.2. The van der Waals surface area contributed by atoms with Crippen LogP contribution in [0.3, 0.4) is 0 Å². The van der Waals surface area contributed by atoms with Crippen LogP contribution in [0, 0.1) is 0 Å². The van der Waals surface area contributed by atoms with E-state index in [9.17, 15) is 9.59 Å². The predicted octanol–water partition coefficient (Wildman–Crippen LogP) is 1.88. The Hall–Kier alpha value is -2.89. The number of nitrogens with one attached hydrogen (secondary N) is 3. The highest BCUT2D eigenvalue weighted by molar-refractivity contribution is 5.93.